The average Bonchev–Trinajstić information content (AvgIpc) is 2.73. The van der Waals surface area contributed by atoms with E-state index in [0.717, 1.165) is 5.56 Å². The molecule has 1 aliphatic heterocycles. The molecule has 29 heavy (non-hydrogen) atoms. The zero-order chi connectivity index (χ0) is 20.6. The van der Waals surface area contributed by atoms with Crippen LogP contribution in [0.15, 0.2) is 59.5 Å². The van der Waals surface area contributed by atoms with Crippen molar-refractivity contribution in [2.75, 3.05) is 32.7 Å². The normalized spacial score (nSPS) is 14.8. The number of amides is 2. The van der Waals surface area contributed by atoms with Gasteiger partial charge in [0.15, 0.2) is 0 Å². The number of hydrogen-bond acceptors (Lipinski definition) is 4. The van der Waals surface area contributed by atoms with Gasteiger partial charge < -0.3 is 10.2 Å². The highest BCUT2D eigenvalue weighted by molar-refractivity contribution is 7.99. The molecular formula is C21H23F2N3O2S. The first-order valence-electron chi connectivity index (χ1n) is 9.38. The molecule has 1 fully saturated rings. The molecule has 1 N–H and O–H groups in total. The van der Waals surface area contributed by atoms with Gasteiger partial charge in [0.1, 0.15) is 0 Å². The molecule has 154 valence electrons. The third kappa shape index (κ3) is 6.54. The van der Waals surface area contributed by atoms with Gasteiger partial charge in [0, 0.05) is 43.2 Å². The van der Waals surface area contributed by atoms with Gasteiger partial charge in [-0.1, -0.05) is 42.1 Å². The first-order chi connectivity index (χ1) is 14.0. The van der Waals surface area contributed by atoms with Crippen LogP contribution in [0, 0.1) is 0 Å². The Morgan fingerprint density at radius 1 is 0.966 bits per heavy atom. The van der Waals surface area contributed by atoms with Gasteiger partial charge in [-0.2, -0.15) is 8.78 Å². The van der Waals surface area contributed by atoms with Gasteiger partial charge in [-0.25, -0.2) is 0 Å². The summed E-state index contributed by atoms with van der Waals surface area (Å²) in [5.41, 5.74) is 1.53. The highest BCUT2D eigenvalue weighted by Crippen LogP contribution is 2.25. The maximum Gasteiger partial charge on any atom is 0.288 e. The number of carbonyl (C=O) groups excluding carboxylic acids is 2. The smallest absolute Gasteiger partial charge is 0.288 e. The summed E-state index contributed by atoms with van der Waals surface area (Å²) in [6.45, 7) is 3.08. The van der Waals surface area contributed by atoms with E-state index in [4.69, 9.17) is 0 Å². The fourth-order valence-electron chi connectivity index (χ4n) is 3.13. The quantitative estimate of drug-likeness (QED) is 0.701. The minimum Gasteiger partial charge on any atom is -0.351 e. The Labute approximate surface area is 173 Å². The fourth-order valence-corrected chi connectivity index (χ4v) is 3.63. The SMILES string of the molecule is O=C(CN1CCN(C(=O)c2ccc(SC(F)F)cc2)CC1)NCc1ccccc1. The van der Waals surface area contributed by atoms with E-state index in [1.54, 1.807) is 17.0 Å². The summed E-state index contributed by atoms with van der Waals surface area (Å²) in [7, 11) is 0. The number of nitrogens with zero attached hydrogens (tertiary/aromatic N) is 2. The summed E-state index contributed by atoms with van der Waals surface area (Å²) in [5, 5.41) is 2.91. The van der Waals surface area contributed by atoms with Gasteiger partial charge in [-0.05, 0) is 29.8 Å². The molecule has 2 amide bonds. The topological polar surface area (TPSA) is 52.7 Å². The molecule has 0 atom stereocenters. The van der Waals surface area contributed by atoms with Gasteiger partial charge in [-0.3, -0.25) is 14.5 Å². The second kappa shape index (κ2) is 10.4. The van der Waals surface area contributed by atoms with Gasteiger partial charge in [0.25, 0.3) is 11.7 Å². The van der Waals surface area contributed by atoms with Crippen LogP contribution in [0.5, 0.6) is 0 Å². The van der Waals surface area contributed by atoms with Crippen molar-refractivity contribution in [3.63, 3.8) is 0 Å². The van der Waals surface area contributed by atoms with Crippen molar-refractivity contribution in [3.05, 3.63) is 65.7 Å². The van der Waals surface area contributed by atoms with E-state index in [2.05, 4.69) is 5.32 Å². The molecule has 0 spiro atoms. The van der Waals surface area contributed by atoms with Crippen molar-refractivity contribution in [2.45, 2.75) is 17.2 Å². The Morgan fingerprint density at radius 3 is 2.24 bits per heavy atom. The second-order valence-electron chi connectivity index (χ2n) is 6.73. The van der Waals surface area contributed by atoms with Crippen LogP contribution in [0.4, 0.5) is 8.78 Å². The van der Waals surface area contributed by atoms with Crippen molar-refractivity contribution in [2.24, 2.45) is 0 Å². The lowest BCUT2D eigenvalue weighted by atomic mass is 10.2. The number of benzene rings is 2. The number of thioether (sulfide) groups is 1. The van der Waals surface area contributed by atoms with E-state index in [9.17, 15) is 18.4 Å². The molecule has 0 unspecified atom stereocenters. The summed E-state index contributed by atoms with van der Waals surface area (Å²) < 4.78 is 24.8. The molecule has 8 heteroatoms. The van der Waals surface area contributed by atoms with Crippen LogP contribution in [0.3, 0.4) is 0 Å². The van der Waals surface area contributed by atoms with E-state index in [1.165, 1.54) is 12.1 Å². The van der Waals surface area contributed by atoms with Crippen molar-refractivity contribution in [3.8, 4) is 0 Å². The molecule has 2 aromatic carbocycles. The van der Waals surface area contributed by atoms with Crippen LogP contribution in [-0.2, 0) is 11.3 Å². The molecule has 0 aliphatic carbocycles. The summed E-state index contributed by atoms with van der Waals surface area (Å²) in [5.74, 6) is -2.64. The lowest BCUT2D eigenvalue weighted by Crippen LogP contribution is -2.51. The zero-order valence-electron chi connectivity index (χ0n) is 15.9. The minimum atomic E-state index is -2.48. The van der Waals surface area contributed by atoms with E-state index >= 15 is 0 Å². The third-order valence-corrected chi connectivity index (χ3v) is 5.41. The molecule has 0 saturated carbocycles. The van der Waals surface area contributed by atoms with Gasteiger partial charge in [-0.15, -0.1) is 0 Å². The molecule has 0 aromatic heterocycles. The highest BCUT2D eigenvalue weighted by atomic mass is 32.2. The van der Waals surface area contributed by atoms with E-state index in [-0.39, 0.29) is 11.8 Å². The number of hydrogen-bond donors (Lipinski definition) is 1. The molecule has 5 nitrogen and oxygen atoms in total. The minimum absolute atomic E-state index is 0.0410. The number of carbonyl (C=O) groups is 2. The summed E-state index contributed by atoms with van der Waals surface area (Å²) in [4.78, 5) is 28.9. The van der Waals surface area contributed by atoms with Crippen LogP contribution in [-0.4, -0.2) is 60.1 Å². The van der Waals surface area contributed by atoms with Crippen molar-refractivity contribution >= 4 is 23.6 Å². The van der Waals surface area contributed by atoms with Crippen LogP contribution in [0.1, 0.15) is 15.9 Å². The first-order valence-corrected chi connectivity index (χ1v) is 10.3. The molecule has 2 aromatic rings. The number of rotatable bonds is 7. The maximum atomic E-state index is 12.6. The largest absolute Gasteiger partial charge is 0.351 e. The van der Waals surface area contributed by atoms with Crippen LogP contribution < -0.4 is 5.32 Å². The predicted molar refractivity (Wildman–Crippen MR) is 109 cm³/mol. The molecular weight excluding hydrogens is 396 g/mol. The number of piperazine rings is 1. The predicted octanol–water partition coefficient (Wildman–Crippen LogP) is 3.08. The van der Waals surface area contributed by atoms with Crippen LogP contribution in [0.2, 0.25) is 0 Å². The molecule has 1 aliphatic rings. The summed E-state index contributed by atoms with van der Waals surface area (Å²) in [6, 6.07) is 16.0. The fraction of sp³-hybridized carbons (Fsp3) is 0.333. The average molecular weight is 419 g/mol. The van der Waals surface area contributed by atoms with Gasteiger partial charge in [0.2, 0.25) is 5.91 Å². The molecule has 3 rings (SSSR count). The monoisotopic (exact) mass is 419 g/mol. The highest BCUT2D eigenvalue weighted by Gasteiger charge is 2.23. The van der Waals surface area contributed by atoms with Gasteiger partial charge >= 0.3 is 0 Å². The van der Waals surface area contributed by atoms with E-state index < -0.39 is 5.76 Å². The lowest BCUT2D eigenvalue weighted by Gasteiger charge is -2.34. The van der Waals surface area contributed by atoms with Crippen LogP contribution in [0.25, 0.3) is 0 Å². The van der Waals surface area contributed by atoms with Crippen LogP contribution >= 0.6 is 11.8 Å². The maximum absolute atomic E-state index is 12.6. The van der Waals surface area contributed by atoms with E-state index in [1.807, 2.05) is 35.2 Å². The number of alkyl halides is 2. The number of nitrogens with one attached hydrogen (secondary N) is 1. The Morgan fingerprint density at radius 2 is 1.62 bits per heavy atom. The Bertz CT molecular complexity index is 810. The van der Waals surface area contributed by atoms with Crippen molar-refractivity contribution in [1.82, 2.24) is 15.1 Å². The second-order valence-corrected chi connectivity index (χ2v) is 7.80. The summed E-state index contributed by atoms with van der Waals surface area (Å²) >= 11 is 0.460. The number of halogens is 2. The Balaban J connectivity index is 1.42. The molecule has 1 heterocycles. The van der Waals surface area contributed by atoms with E-state index in [0.29, 0.717) is 61.5 Å². The Kier molecular flexibility index (Phi) is 7.60. The van der Waals surface area contributed by atoms with Crippen molar-refractivity contribution < 1.29 is 18.4 Å². The first kappa shape index (κ1) is 21.3. The standard InChI is InChI=1S/C21H23F2N3O2S/c22-21(23)29-18-8-6-17(7-9-18)20(28)26-12-10-25(11-13-26)15-19(27)24-14-16-4-2-1-3-5-16/h1-9,21H,10-15H2,(H,24,27). The Hall–Kier alpha value is -2.45. The molecule has 1 saturated heterocycles. The zero-order valence-corrected chi connectivity index (χ0v) is 16.7. The summed E-state index contributed by atoms with van der Waals surface area (Å²) in [6.07, 6.45) is 0. The lowest BCUT2D eigenvalue weighted by molar-refractivity contribution is -0.122. The van der Waals surface area contributed by atoms with Gasteiger partial charge in [0.05, 0.1) is 6.54 Å². The van der Waals surface area contributed by atoms with Crippen molar-refractivity contribution in [1.29, 1.82) is 0 Å². The third-order valence-electron chi connectivity index (χ3n) is 4.69. The molecule has 0 bridgehead atoms. The molecule has 0 radical (unpaired) electrons.